The molecule has 2 heterocycles. The number of para-hydroxylation sites is 1. The number of aromatic nitrogens is 1. The van der Waals surface area contributed by atoms with Crippen LogP contribution < -0.4 is 10.1 Å². The van der Waals surface area contributed by atoms with Gasteiger partial charge in [0.2, 0.25) is 15.9 Å². The summed E-state index contributed by atoms with van der Waals surface area (Å²) in [5.74, 6) is 0.688. The summed E-state index contributed by atoms with van der Waals surface area (Å²) in [6.07, 6.45) is 3.23. The van der Waals surface area contributed by atoms with Gasteiger partial charge in [0.1, 0.15) is 5.75 Å². The van der Waals surface area contributed by atoms with Gasteiger partial charge in [0.25, 0.3) is 0 Å². The van der Waals surface area contributed by atoms with E-state index in [9.17, 15) is 13.2 Å². The van der Waals surface area contributed by atoms with Gasteiger partial charge in [0, 0.05) is 55.7 Å². The molecule has 2 aromatic carbocycles. The normalized spacial score (nSPS) is 16.5. The van der Waals surface area contributed by atoms with Gasteiger partial charge >= 0.3 is 0 Å². The molecule has 9 heteroatoms. The highest BCUT2D eigenvalue weighted by Crippen LogP contribution is 2.31. The molecule has 176 valence electrons. The maximum absolute atomic E-state index is 12.7. The second-order valence-corrected chi connectivity index (χ2v) is 10.3. The van der Waals surface area contributed by atoms with E-state index in [1.54, 1.807) is 7.11 Å². The van der Waals surface area contributed by atoms with Crippen LogP contribution in [0.15, 0.2) is 54.7 Å². The fourth-order valence-corrected chi connectivity index (χ4v) is 5.15. The topological polar surface area (TPSA) is 94.7 Å². The van der Waals surface area contributed by atoms with Crippen molar-refractivity contribution in [2.24, 2.45) is 0 Å². The van der Waals surface area contributed by atoms with Gasteiger partial charge in [0.15, 0.2) is 0 Å². The van der Waals surface area contributed by atoms with Crippen LogP contribution in [0.3, 0.4) is 0 Å². The molecule has 1 aromatic heterocycles. The van der Waals surface area contributed by atoms with Gasteiger partial charge in [-0.25, -0.2) is 8.42 Å². The van der Waals surface area contributed by atoms with E-state index in [1.807, 2.05) is 53.6 Å². The number of ether oxygens (including phenoxy) is 1. The van der Waals surface area contributed by atoms with Crippen molar-refractivity contribution in [3.63, 3.8) is 0 Å². The largest absolute Gasteiger partial charge is 0.497 e. The molecule has 4 rings (SSSR count). The maximum atomic E-state index is 12.7. The molecule has 0 aliphatic carbocycles. The number of piperazine rings is 1. The number of rotatable bonds is 8. The molecule has 1 saturated heterocycles. The number of aromatic amines is 1. The minimum Gasteiger partial charge on any atom is -0.497 e. The second kappa shape index (κ2) is 9.94. The highest BCUT2D eigenvalue weighted by molar-refractivity contribution is 7.88. The lowest BCUT2D eigenvalue weighted by atomic mass is 9.90. The molecule has 1 fully saturated rings. The Morgan fingerprint density at radius 2 is 1.79 bits per heavy atom. The Labute approximate surface area is 194 Å². The van der Waals surface area contributed by atoms with Gasteiger partial charge in [0.05, 0.1) is 19.9 Å². The Kier molecular flexibility index (Phi) is 7.02. The summed E-state index contributed by atoms with van der Waals surface area (Å²) >= 11 is 0. The van der Waals surface area contributed by atoms with Crippen LogP contribution in [0.25, 0.3) is 10.9 Å². The molecule has 0 radical (unpaired) electrons. The third-order valence-corrected chi connectivity index (χ3v) is 7.49. The minimum atomic E-state index is -3.18. The predicted molar refractivity (Wildman–Crippen MR) is 129 cm³/mol. The van der Waals surface area contributed by atoms with Gasteiger partial charge < -0.3 is 15.0 Å². The number of sulfonamides is 1. The Morgan fingerprint density at radius 1 is 1.09 bits per heavy atom. The molecular formula is C24H30N4O4S. The van der Waals surface area contributed by atoms with Gasteiger partial charge in [-0.3, -0.25) is 9.69 Å². The molecule has 33 heavy (non-hydrogen) atoms. The number of hydrogen-bond donors (Lipinski definition) is 2. The Bertz CT molecular complexity index is 1200. The summed E-state index contributed by atoms with van der Waals surface area (Å²) in [5.41, 5.74) is 3.27. The molecular weight excluding hydrogens is 440 g/mol. The number of nitrogens with zero attached hydrogens (tertiary/aromatic N) is 2. The first-order valence-corrected chi connectivity index (χ1v) is 12.8. The van der Waals surface area contributed by atoms with Crippen molar-refractivity contribution < 1.29 is 17.9 Å². The molecule has 1 aliphatic heterocycles. The van der Waals surface area contributed by atoms with Crippen LogP contribution in [0.5, 0.6) is 5.75 Å². The summed E-state index contributed by atoms with van der Waals surface area (Å²) in [4.78, 5) is 18.1. The van der Waals surface area contributed by atoms with E-state index in [2.05, 4.69) is 16.4 Å². The first kappa shape index (κ1) is 23.3. The average Bonchev–Trinajstić information content (AvgIpc) is 3.23. The summed E-state index contributed by atoms with van der Waals surface area (Å²) in [7, 11) is -1.54. The number of fused-ring (bicyclic) bond motifs is 1. The first-order valence-electron chi connectivity index (χ1n) is 11.0. The van der Waals surface area contributed by atoms with E-state index in [4.69, 9.17) is 4.74 Å². The van der Waals surface area contributed by atoms with Crippen molar-refractivity contribution in [2.75, 3.05) is 52.6 Å². The SMILES string of the molecule is COc1ccc([C@@H](CNC(=O)CN2CCN(S(C)(=O)=O)CC2)c2c[nH]c3ccccc23)cc1. The van der Waals surface area contributed by atoms with Crippen molar-refractivity contribution in [3.05, 3.63) is 65.9 Å². The molecule has 1 atom stereocenters. The van der Waals surface area contributed by atoms with E-state index < -0.39 is 10.0 Å². The molecule has 1 amide bonds. The van der Waals surface area contributed by atoms with E-state index in [0.29, 0.717) is 32.7 Å². The van der Waals surface area contributed by atoms with Crippen LogP contribution in [0, 0.1) is 0 Å². The fourth-order valence-electron chi connectivity index (χ4n) is 4.32. The lowest BCUT2D eigenvalue weighted by Gasteiger charge is -2.32. The lowest BCUT2D eigenvalue weighted by molar-refractivity contribution is -0.122. The number of benzene rings is 2. The number of methoxy groups -OCH3 is 1. The highest BCUT2D eigenvalue weighted by Gasteiger charge is 2.25. The standard InChI is InChI=1S/C24H30N4O4S/c1-32-19-9-7-18(8-10-19)21(22-16-25-23-6-4-3-5-20(22)23)15-26-24(29)17-27-11-13-28(14-12-27)33(2,30)31/h3-10,16,21,25H,11-15,17H2,1-2H3,(H,26,29)/t21-/m1/s1. The Morgan fingerprint density at radius 3 is 2.45 bits per heavy atom. The van der Waals surface area contributed by atoms with Crippen molar-refractivity contribution in [1.82, 2.24) is 19.5 Å². The quantitative estimate of drug-likeness (QED) is 0.525. The van der Waals surface area contributed by atoms with E-state index in [-0.39, 0.29) is 18.4 Å². The van der Waals surface area contributed by atoms with Crippen molar-refractivity contribution in [3.8, 4) is 5.75 Å². The molecule has 2 N–H and O–H groups in total. The molecule has 1 aliphatic rings. The number of H-pyrrole nitrogens is 1. The third-order valence-electron chi connectivity index (χ3n) is 6.19. The minimum absolute atomic E-state index is 0.0295. The predicted octanol–water partition coefficient (Wildman–Crippen LogP) is 2.00. The van der Waals surface area contributed by atoms with Crippen LogP contribution in [0.4, 0.5) is 0 Å². The van der Waals surface area contributed by atoms with Crippen LogP contribution in [0.1, 0.15) is 17.0 Å². The monoisotopic (exact) mass is 470 g/mol. The number of carbonyl (C=O) groups excluding carboxylic acids is 1. The molecule has 0 saturated carbocycles. The fraction of sp³-hybridized carbons (Fsp3) is 0.375. The Balaban J connectivity index is 1.45. The van der Waals surface area contributed by atoms with Crippen LogP contribution in [0.2, 0.25) is 0 Å². The van der Waals surface area contributed by atoms with Crippen LogP contribution >= 0.6 is 0 Å². The van der Waals surface area contributed by atoms with Gasteiger partial charge in [-0.05, 0) is 29.3 Å². The number of hydrogen-bond acceptors (Lipinski definition) is 5. The summed E-state index contributed by atoms with van der Waals surface area (Å²) in [6.45, 7) is 2.62. The maximum Gasteiger partial charge on any atom is 0.234 e. The number of carbonyl (C=O) groups is 1. The number of amides is 1. The zero-order valence-electron chi connectivity index (χ0n) is 19.0. The van der Waals surface area contributed by atoms with Gasteiger partial charge in [-0.15, -0.1) is 0 Å². The summed E-state index contributed by atoms with van der Waals surface area (Å²) < 4.78 is 30.1. The van der Waals surface area contributed by atoms with E-state index in [0.717, 1.165) is 27.8 Å². The van der Waals surface area contributed by atoms with E-state index in [1.165, 1.54) is 10.6 Å². The molecule has 0 spiro atoms. The molecule has 0 bridgehead atoms. The smallest absolute Gasteiger partial charge is 0.234 e. The van der Waals surface area contributed by atoms with Crippen molar-refractivity contribution in [2.45, 2.75) is 5.92 Å². The van der Waals surface area contributed by atoms with E-state index >= 15 is 0 Å². The molecule has 0 unspecified atom stereocenters. The summed E-state index contributed by atoms with van der Waals surface area (Å²) in [5, 5.41) is 4.22. The van der Waals surface area contributed by atoms with Crippen LogP contribution in [-0.2, 0) is 14.8 Å². The van der Waals surface area contributed by atoms with Gasteiger partial charge in [-0.2, -0.15) is 4.31 Å². The van der Waals surface area contributed by atoms with Crippen LogP contribution in [-0.4, -0.2) is 81.1 Å². The van der Waals surface area contributed by atoms with Crippen molar-refractivity contribution >= 4 is 26.8 Å². The zero-order chi connectivity index (χ0) is 23.4. The average molecular weight is 471 g/mol. The first-order chi connectivity index (χ1) is 15.8. The lowest BCUT2D eigenvalue weighted by Crippen LogP contribution is -2.51. The highest BCUT2D eigenvalue weighted by atomic mass is 32.2. The van der Waals surface area contributed by atoms with Crippen molar-refractivity contribution in [1.29, 1.82) is 0 Å². The number of nitrogens with one attached hydrogen (secondary N) is 2. The molecule has 8 nitrogen and oxygen atoms in total. The zero-order valence-corrected chi connectivity index (χ0v) is 19.8. The Hall–Kier alpha value is -2.88. The summed E-state index contributed by atoms with van der Waals surface area (Å²) in [6, 6.07) is 16.1. The molecule has 3 aromatic rings. The third kappa shape index (κ3) is 5.55. The second-order valence-electron chi connectivity index (χ2n) is 8.36. The van der Waals surface area contributed by atoms with Gasteiger partial charge in [-0.1, -0.05) is 30.3 Å².